The predicted molar refractivity (Wildman–Crippen MR) is 83.4 cm³/mol. The lowest BCUT2D eigenvalue weighted by Crippen LogP contribution is -2.12. The first kappa shape index (κ1) is 14.7. The van der Waals surface area contributed by atoms with Crippen LogP contribution in [0, 0.1) is 26.6 Å². The second-order valence-electron chi connectivity index (χ2n) is 5.34. The molecule has 0 saturated heterocycles. The molecule has 2 aromatic rings. The fourth-order valence-corrected chi connectivity index (χ4v) is 2.39. The van der Waals surface area contributed by atoms with Gasteiger partial charge in [-0.25, -0.2) is 4.39 Å². The monoisotopic (exact) mass is 271 g/mol. The molecule has 0 heterocycles. The highest BCUT2D eigenvalue weighted by molar-refractivity contribution is 5.69. The van der Waals surface area contributed by atoms with Gasteiger partial charge in [0.25, 0.3) is 0 Å². The van der Waals surface area contributed by atoms with Gasteiger partial charge in [0.15, 0.2) is 0 Å². The van der Waals surface area contributed by atoms with Gasteiger partial charge >= 0.3 is 0 Å². The summed E-state index contributed by atoms with van der Waals surface area (Å²) >= 11 is 0. The van der Waals surface area contributed by atoms with Gasteiger partial charge in [0.1, 0.15) is 5.82 Å². The van der Waals surface area contributed by atoms with Gasteiger partial charge in [-0.2, -0.15) is 0 Å². The Morgan fingerprint density at radius 3 is 2.30 bits per heavy atom. The molecule has 0 aromatic heterocycles. The van der Waals surface area contributed by atoms with Crippen LogP contribution in [0.4, 0.5) is 4.39 Å². The Kier molecular flexibility index (Phi) is 4.56. The summed E-state index contributed by atoms with van der Waals surface area (Å²) < 4.78 is 14.1. The molecule has 2 aromatic carbocycles. The van der Waals surface area contributed by atoms with Crippen molar-refractivity contribution in [2.45, 2.75) is 34.2 Å². The first-order chi connectivity index (χ1) is 9.52. The van der Waals surface area contributed by atoms with Crippen LogP contribution in [0.5, 0.6) is 0 Å². The van der Waals surface area contributed by atoms with Gasteiger partial charge in [0.2, 0.25) is 0 Å². The number of hydrogen-bond donors (Lipinski definition) is 1. The smallest absolute Gasteiger partial charge is 0.128 e. The van der Waals surface area contributed by atoms with E-state index in [2.05, 4.69) is 38.2 Å². The molecular formula is C18H22FN. The van der Waals surface area contributed by atoms with Crippen LogP contribution in [0.25, 0.3) is 11.1 Å². The van der Waals surface area contributed by atoms with Crippen LogP contribution in [0.15, 0.2) is 30.3 Å². The summed E-state index contributed by atoms with van der Waals surface area (Å²) in [5.41, 5.74) is 6.48. The molecule has 2 heteroatoms. The molecule has 0 unspecified atom stereocenters. The van der Waals surface area contributed by atoms with E-state index in [0.717, 1.165) is 23.2 Å². The standard InChI is InChI=1S/C18H22FN/c1-5-20-11-16-7-6-15(10-18(16)19)17-9-13(3)12(2)8-14(17)4/h6-10,20H,5,11H2,1-4H3. The molecule has 0 fully saturated rings. The molecule has 0 aliphatic rings. The zero-order valence-electron chi connectivity index (χ0n) is 12.7. The molecule has 2 rings (SSSR count). The van der Waals surface area contributed by atoms with Crippen molar-refractivity contribution in [1.82, 2.24) is 5.32 Å². The third-order valence-electron chi connectivity index (χ3n) is 3.77. The quantitative estimate of drug-likeness (QED) is 0.861. The number of hydrogen-bond acceptors (Lipinski definition) is 1. The number of aryl methyl sites for hydroxylation is 3. The van der Waals surface area contributed by atoms with Gasteiger partial charge in [0.05, 0.1) is 0 Å². The van der Waals surface area contributed by atoms with Crippen LogP contribution in [0.3, 0.4) is 0 Å². The van der Waals surface area contributed by atoms with Crippen LogP contribution in [-0.2, 0) is 6.54 Å². The minimum Gasteiger partial charge on any atom is -0.313 e. The molecule has 1 nitrogen and oxygen atoms in total. The van der Waals surface area contributed by atoms with E-state index in [0.29, 0.717) is 6.54 Å². The summed E-state index contributed by atoms with van der Waals surface area (Å²) in [6.45, 7) is 9.71. The number of benzene rings is 2. The fourth-order valence-electron chi connectivity index (χ4n) is 2.39. The van der Waals surface area contributed by atoms with Crippen molar-refractivity contribution in [1.29, 1.82) is 0 Å². The second-order valence-corrected chi connectivity index (χ2v) is 5.34. The Hall–Kier alpha value is -1.67. The molecule has 1 N–H and O–H groups in total. The topological polar surface area (TPSA) is 12.0 Å². The molecule has 0 atom stereocenters. The van der Waals surface area contributed by atoms with E-state index in [9.17, 15) is 4.39 Å². The van der Waals surface area contributed by atoms with Crippen LogP contribution in [-0.4, -0.2) is 6.54 Å². The molecule has 106 valence electrons. The van der Waals surface area contributed by atoms with Crippen molar-refractivity contribution < 1.29 is 4.39 Å². The number of rotatable bonds is 4. The van der Waals surface area contributed by atoms with E-state index >= 15 is 0 Å². The van der Waals surface area contributed by atoms with Crippen molar-refractivity contribution >= 4 is 0 Å². The van der Waals surface area contributed by atoms with E-state index in [1.807, 2.05) is 19.1 Å². The molecule has 0 amide bonds. The van der Waals surface area contributed by atoms with Gasteiger partial charge in [0, 0.05) is 12.1 Å². The Morgan fingerprint density at radius 1 is 0.950 bits per heavy atom. The van der Waals surface area contributed by atoms with Crippen molar-refractivity contribution in [2.24, 2.45) is 0 Å². The molecule has 0 bridgehead atoms. The molecule has 0 spiro atoms. The van der Waals surface area contributed by atoms with Crippen molar-refractivity contribution in [3.05, 3.63) is 58.4 Å². The summed E-state index contributed by atoms with van der Waals surface area (Å²) in [5.74, 6) is -0.138. The number of halogens is 1. The molecule has 0 aliphatic carbocycles. The normalized spacial score (nSPS) is 10.8. The highest BCUT2D eigenvalue weighted by Gasteiger charge is 2.08. The van der Waals surface area contributed by atoms with Crippen LogP contribution >= 0.6 is 0 Å². The third kappa shape index (κ3) is 3.07. The van der Waals surface area contributed by atoms with E-state index in [1.165, 1.54) is 16.7 Å². The van der Waals surface area contributed by atoms with Gasteiger partial charge in [-0.05, 0) is 61.2 Å². The van der Waals surface area contributed by atoms with Crippen molar-refractivity contribution in [2.75, 3.05) is 6.54 Å². The highest BCUT2D eigenvalue weighted by Crippen LogP contribution is 2.27. The second kappa shape index (κ2) is 6.19. The zero-order valence-corrected chi connectivity index (χ0v) is 12.7. The average molecular weight is 271 g/mol. The maximum atomic E-state index is 14.1. The van der Waals surface area contributed by atoms with E-state index in [4.69, 9.17) is 0 Å². The molecule has 20 heavy (non-hydrogen) atoms. The summed E-state index contributed by atoms with van der Waals surface area (Å²) in [6.07, 6.45) is 0. The predicted octanol–water partition coefficient (Wildman–Crippen LogP) is 4.53. The Labute approximate surface area is 120 Å². The first-order valence-electron chi connectivity index (χ1n) is 7.10. The Bertz CT molecular complexity index is 617. The molecule has 0 radical (unpaired) electrons. The molecule has 0 aliphatic heterocycles. The maximum absolute atomic E-state index is 14.1. The third-order valence-corrected chi connectivity index (χ3v) is 3.77. The van der Waals surface area contributed by atoms with Gasteiger partial charge < -0.3 is 5.32 Å². The Balaban J connectivity index is 2.39. The maximum Gasteiger partial charge on any atom is 0.128 e. The van der Waals surface area contributed by atoms with E-state index in [1.54, 1.807) is 6.07 Å². The van der Waals surface area contributed by atoms with Gasteiger partial charge in [-0.3, -0.25) is 0 Å². The SMILES string of the molecule is CCNCc1ccc(-c2cc(C)c(C)cc2C)cc1F. The number of nitrogens with one attached hydrogen (secondary N) is 1. The minimum absolute atomic E-state index is 0.138. The van der Waals surface area contributed by atoms with Gasteiger partial charge in [-0.1, -0.05) is 31.2 Å². The van der Waals surface area contributed by atoms with Gasteiger partial charge in [-0.15, -0.1) is 0 Å². The van der Waals surface area contributed by atoms with Crippen molar-refractivity contribution in [3.63, 3.8) is 0 Å². The van der Waals surface area contributed by atoms with Crippen molar-refractivity contribution in [3.8, 4) is 11.1 Å². The molecule has 0 saturated carbocycles. The molecular weight excluding hydrogens is 249 g/mol. The lowest BCUT2D eigenvalue weighted by atomic mass is 9.95. The van der Waals surface area contributed by atoms with Crippen LogP contribution in [0.1, 0.15) is 29.2 Å². The Morgan fingerprint density at radius 2 is 1.65 bits per heavy atom. The summed E-state index contributed by atoms with van der Waals surface area (Å²) in [5, 5.41) is 3.15. The minimum atomic E-state index is -0.138. The van der Waals surface area contributed by atoms with Crippen LogP contribution < -0.4 is 5.32 Å². The average Bonchev–Trinajstić information content (AvgIpc) is 2.41. The fraction of sp³-hybridized carbons (Fsp3) is 0.333. The zero-order chi connectivity index (χ0) is 14.7. The summed E-state index contributed by atoms with van der Waals surface area (Å²) in [7, 11) is 0. The first-order valence-corrected chi connectivity index (χ1v) is 7.10. The lowest BCUT2D eigenvalue weighted by molar-refractivity contribution is 0.594. The summed E-state index contributed by atoms with van der Waals surface area (Å²) in [6, 6.07) is 9.83. The highest BCUT2D eigenvalue weighted by atomic mass is 19.1. The van der Waals surface area contributed by atoms with Crippen LogP contribution in [0.2, 0.25) is 0 Å². The lowest BCUT2D eigenvalue weighted by Gasteiger charge is -2.12. The van der Waals surface area contributed by atoms with E-state index in [-0.39, 0.29) is 5.82 Å². The summed E-state index contributed by atoms with van der Waals surface area (Å²) in [4.78, 5) is 0. The largest absolute Gasteiger partial charge is 0.313 e. The van der Waals surface area contributed by atoms with E-state index < -0.39 is 0 Å².